The van der Waals surface area contributed by atoms with E-state index >= 15 is 0 Å². The molecule has 7 heteroatoms. The highest BCUT2D eigenvalue weighted by Crippen LogP contribution is 2.34. The number of carboxylic acid groups (broad SMARTS) is 1. The van der Waals surface area contributed by atoms with Gasteiger partial charge in [0.05, 0.1) is 10.9 Å². The minimum atomic E-state index is -0.951. The van der Waals surface area contributed by atoms with Crippen LogP contribution < -0.4 is 10.1 Å². The molecule has 4 rings (SSSR count). The molecule has 150 valence electrons. The van der Waals surface area contributed by atoms with E-state index in [4.69, 9.17) is 21.4 Å². The van der Waals surface area contributed by atoms with Crippen LogP contribution >= 0.6 is 11.6 Å². The lowest BCUT2D eigenvalue weighted by atomic mass is 10.1. The van der Waals surface area contributed by atoms with Crippen LogP contribution in [0.3, 0.4) is 0 Å². The first kappa shape index (κ1) is 19.7. The number of anilines is 1. The van der Waals surface area contributed by atoms with Crippen molar-refractivity contribution in [1.29, 1.82) is 0 Å². The molecular weight excluding hydrogens is 402 g/mol. The number of rotatable bonds is 6. The summed E-state index contributed by atoms with van der Waals surface area (Å²) >= 11 is 5.95. The summed E-state index contributed by atoms with van der Waals surface area (Å²) in [6.07, 6.45) is 3.41. The fraction of sp³-hybridized carbons (Fsp3) is 0.0870. The SMILES string of the molecule is C[C@H](Nc1nccc2ccnc(Oc3ccc(Cl)cc3)c12)c1ccc(C(=O)O)cc1. The van der Waals surface area contributed by atoms with Gasteiger partial charge in [-0.25, -0.2) is 14.8 Å². The molecule has 0 aliphatic carbocycles. The Bertz CT molecular complexity index is 1190. The highest BCUT2D eigenvalue weighted by molar-refractivity contribution is 6.30. The van der Waals surface area contributed by atoms with Crippen molar-refractivity contribution in [3.05, 3.63) is 89.2 Å². The van der Waals surface area contributed by atoms with Crippen molar-refractivity contribution in [1.82, 2.24) is 9.97 Å². The standard InChI is InChI=1S/C23H18ClN3O3/c1-14(15-2-4-17(5-3-15)23(28)29)27-21-20-16(10-12-25-21)11-13-26-22(20)30-19-8-6-18(24)7-9-19/h2-14H,1H3,(H,25,27)(H,28,29)/t14-/m0/s1. The van der Waals surface area contributed by atoms with Crippen LogP contribution in [0.5, 0.6) is 11.6 Å². The monoisotopic (exact) mass is 419 g/mol. The van der Waals surface area contributed by atoms with Gasteiger partial charge < -0.3 is 15.2 Å². The Balaban J connectivity index is 1.66. The highest BCUT2D eigenvalue weighted by atomic mass is 35.5. The van der Waals surface area contributed by atoms with Crippen molar-refractivity contribution in [3.63, 3.8) is 0 Å². The molecule has 0 saturated carbocycles. The van der Waals surface area contributed by atoms with Crippen molar-refractivity contribution >= 4 is 34.2 Å². The Kier molecular flexibility index (Phi) is 5.50. The van der Waals surface area contributed by atoms with Crippen molar-refractivity contribution in [3.8, 4) is 11.6 Å². The number of hydrogen-bond acceptors (Lipinski definition) is 5. The number of nitrogens with zero attached hydrogens (tertiary/aromatic N) is 2. The third-order valence-electron chi connectivity index (χ3n) is 4.68. The van der Waals surface area contributed by atoms with Crippen LogP contribution in [-0.2, 0) is 0 Å². The molecule has 0 unspecified atom stereocenters. The quantitative estimate of drug-likeness (QED) is 0.402. The summed E-state index contributed by atoms with van der Waals surface area (Å²) in [5.41, 5.74) is 1.18. The van der Waals surface area contributed by atoms with Gasteiger partial charge in [0, 0.05) is 23.5 Å². The summed E-state index contributed by atoms with van der Waals surface area (Å²) in [7, 11) is 0. The number of ether oxygens (including phenoxy) is 1. The van der Waals surface area contributed by atoms with Gasteiger partial charge in [0.2, 0.25) is 5.88 Å². The summed E-state index contributed by atoms with van der Waals surface area (Å²) in [4.78, 5) is 20.0. The average Bonchev–Trinajstić information content (AvgIpc) is 2.75. The molecule has 2 heterocycles. The molecule has 6 nitrogen and oxygen atoms in total. The number of benzene rings is 2. The largest absolute Gasteiger partial charge is 0.478 e. The number of hydrogen-bond donors (Lipinski definition) is 2. The zero-order valence-corrected chi connectivity index (χ0v) is 16.8. The second-order valence-electron chi connectivity index (χ2n) is 6.72. The lowest BCUT2D eigenvalue weighted by molar-refractivity contribution is 0.0697. The number of carbonyl (C=O) groups is 1. The zero-order chi connectivity index (χ0) is 21.1. The minimum absolute atomic E-state index is 0.116. The van der Waals surface area contributed by atoms with E-state index in [1.807, 2.05) is 19.1 Å². The number of pyridine rings is 2. The van der Waals surface area contributed by atoms with Gasteiger partial charge in [-0.15, -0.1) is 0 Å². The zero-order valence-electron chi connectivity index (χ0n) is 16.0. The van der Waals surface area contributed by atoms with E-state index in [-0.39, 0.29) is 11.6 Å². The van der Waals surface area contributed by atoms with Crippen molar-refractivity contribution < 1.29 is 14.6 Å². The van der Waals surface area contributed by atoms with E-state index in [9.17, 15) is 4.79 Å². The fourth-order valence-electron chi connectivity index (χ4n) is 3.09. The molecule has 0 amide bonds. The maximum atomic E-state index is 11.1. The summed E-state index contributed by atoms with van der Waals surface area (Å²) in [6.45, 7) is 1.98. The second-order valence-corrected chi connectivity index (χ2v) is 7.16. The predicted octanol–water partition coefficient (Wildman–Crippen LogP) is 5.95. The van der Waals surface area contributed by atoms with Gasteiger partial charge in [0.15, 0.2) is 0 Å². The lowest BCUT2D eigenvalue weighted by Gasteiger charge is -2.18. The van der Waals surface area contributed by atoms with E-state index in [0.29, 0.717) is 22.5 Å². The Morgan fingerprint density at radius 1 is 1.00 bits per heavy atom. The van der Waals surface area contributed by atoms with Crippen LogP contribution in [0.4, 0.5) is 5.82 Å². The third-order valence-corrected chi connectivity index (χ3v) is 4.93. The molecule has 0 saturated heterocycles. The van der Waals surface area contributed by atoms with Crippen LogP contribution in [0.25, 0.3) is 10.8 Å². The molecule has 2 aromatic heterocycles. The Labute approximate surface area is 178 Å². The van der Waals surface area contributed by atoms with Gasteiger partial charge in [0.1, 0.15) is 11.6 Å². The Morgan fingerprint density at radius 2 is 1.67 bits per heavy atom. The molecule has 1 atom stereocenters. The molecule has 0 aliphatic rings. The Morgan fingerprint density at radius 3 is 2.33 bits per heavy atom. The molecule has 0 aliphatic heterocycles. The fourth-order valence-corrected chi connectivity index (χ4v) is 3.22. The average molecular weight is 420 g/mol. The molecule has 2 aromatic carbocycles. The van der Waals surface area contributed by atoms with Crippen molar-refractivity contribution in [2.45, 2.75) is 13.0 Å². The van der Waals surface area contributed by atoms with E-state index in [2.05, 4.69) is 15.3 Å². The normalized spacial score (nSPS) is 11.8. The van der Waals surface area contributed by atoms with Gasteiger partial charge in [-0.05, 0) is 66.4 Å². The molecule has 0 spiro atoms. The lowest BCUT2D eigenvalue weighted by Crippen LogP contribution is -2.09. The topological polar surface area (TPSA) is 84.3 Å². The summed E-state index contributed by atoms with van der Waals surface area (Å²) < 4.78 is 6.00. The molecule has 4 aromatic rings. The molecule has 0 bridgehead atoms. The molecule has 30 heavy (non-hydrogen) atoms. The van der Waals surface area contributed by atoms with Crippen LogP contribution in [0, 0.1) is 0 Å². The third kappa shape index (κ3) is 4.18. The number of fused-ring (bicyclic) bond motifs is 1. The highest BCUT2D eigenvalue weighted by Gasteiger charge is 2.14. The summed E-state index contributed by atoms with van der Waals surface area (Å²) in [5, 5.41) is 14.8. The van der Waals surface area contributed by atoms with E-state index < -0.39 is 5.97 Å². The van der Waals surface area contributed by atoms with Crippen molar-refractivity contribution in [2.24, 2.45) is 0 Å². The van der Waals surface area contributed by atoms with Crippen LogP contribution in [0.1, 0.15) is 28.9 Å². The smallest absolute Gasteiger partial charge is 0.335 e. The first-order chi connectivity index (χ1) is 14.5. The van der Waals surface area contributed by atoms with Gasteiger partial charge in [0.25, 0.3) is 0 Å². The number of carboxylic acids is 1. The summed E-state index contributed by atoms with van der Waals surface area (Å²) in [6, 6.07) is 17.5. The van der Waals surface area contributed by atoms with Gasteiger partial charge in [-0.1, -0.05) is 23.7 Å². The molecule has 2 N–H and O–H groups in total. The first-order valence-electron chi connectivity index (χ1n) is 9.28. The van der Waals surface area contributed by atoms with Crippen LogP contribution in [-0.4, -0.2) is 21.0 Å². The van der Waals surface area contributed by atoms with Crippen molar-refractivity contribution in [2.75, 3.05) is 5.32 Å². The van der Waals surface area contributed by atoms with Gasteiger partial charge in [-0.2, -0.15) is 0 Å². The van der Waals surface area contributed by atoms with E-state index in [0.717, 1.165) is 16.3 Å². The number of aromatic nitrogens is 2. The maximum absolute atomic E-state index is 11.1. The van der Waals surface area contributed by atoms with Crippen LogP contribution in [0.15, 0.2) is 73.1 Å². The molecule has 0 radical (unpaired) electrons. The summed E-state index contributed by atoms with van der Waals surface area (Å²) in [5.74, 6) is 0.720. The van der Waals surface area contributed by atoms with E-state index in [1.165, 1.54) is 0 Å². The second kappa shape index (κ2) is 8.39. The number of halogens is 1. The van der Waals surface area contributed by atoms with E-state index in [1.54, 1.807) is 60.9 Å². The maximum Gasteiger partial charge on any atom is 0.335 e. The molecule has 0 fully saturated rings. The molecular formula is C23H18ClN3O3. The van der Waals surface area contributed by atoms with Crippen LogP contribution in [0.2, 0.25) is 5.02 Å². The number of nitrogens with one attached hydrogen (secondary N) is 1. The number of aromatic carboxylic acids is 1. The Hall–Kier alpha value is -3.64. The van der Waals surface area contributed by atoms with Gasteiger partial charge in [-0.3, -0.25) is 0 Å². The minimum Gasteiger partial charge on any atom is -0.478 e. The van der Waals surface area contributed by atoms with Gasteiger partial charge >= 0.3 is 5.97 Å². The predicted molar refractivity (Wildman–Crippen MR) is 117 cm³/mol. The first-order valence-corrected chi connectivity index (χ1v) is 9.66.